The van der Waals surface area contributed by atoms with Crippen molar-refractivity contribution in [3.8, 4) is 0 Å². The summed E-state index contributed by atoms with van der Waals surface area (Å²) in [7, 11) is 0. The number of anilines is 1. The topological polar surface area (TPSA) is 84.1 Å². The van der Waals surface area contributed by atoms with Crippen LogP contribution in [-0.4, -0.2) is 48.0 Å². The van der Waals surface area contributed by atoms with Crippen LogP contribution in [-0.2, 0) is 19.5 Å². The van der Waals surface area contributed by atoms with Gasteiger partial charge in [0.25, 0.3) is 5.78 Å². The molecule has 1 N–H and O–H groups in total. The van der Waals surface area contributed by atoms with Gasteiger partial charge in [0.05, 0.1) is 17.6 Å². The van der Waals surface area contributed by atoms with Crippen molar-refractivity contribution in [1.82, 2.24) is 34.9 Å². The normalized spacial score (nSPS) is 14.8. The zero-order valence-electron chi connectivity index (χ0n) is 14.4. The van der Waals surface area contributed by atoms with Crippen molar-refractivity contribution in [2.75, 3.05) is 18.4 Å². The SMILES string of the molecule is CCN1CCc2c(sc3c2c(NCc2ccccn2)nc2nnnn23)C1. The van der Waals surface area contributed by atoms with E-state index < -0.39 is 0 Å². The van der Waals surface area contributed by atoms with Crippen LogP contribution in [0.15, 0.2) is 24.4 Å². The molecule has 0 atom stereocenters. The second-order valence-corrected chi connectivity index (χ2v) is 7.41. The summed E-state index contributed by atoms with van der Waals surface area (Å²) in [5.74, 6) is 1.36. The highest BCUT2D eigenvalue weighted by Gasteiger charge is 2.25. The molecule has 26 heavy (non-hydrogen) atoms. The molecule has 8 nitrogen and oxygen atoms in total. The van der Waals surface area contributed by atoms with Crippen molar-refractivity contribution in [3.05, 3.63) is 40.5 Å². The van der Waals surface area contributed by atoms with Gasteiger partial charge in [0.2, 0.25) is 0 Å². The number of hydrogen-bond donors (Lipinski definition) is 1. The fourth-order valence-corrected chi connectivity index (χ4v) is 4.78. The minimum Gasteiger partial charge on any atom is -0.364 e. The number of aromatic nitrogens is 6. The van der Waals surface area contributed by atoms with Gasteiger partial charge in [-0.15, -0.1) is 11.3 Å². The number of thiophene rings is 1. The number of rotatable bonds is 4. The fourth-order valence-electron chi connectivity index (χ4n) is 3.45. The molecular weight excluding hydrogens is 348 g/mol. The van der Waals surface area contributed by atoms with Crippen LogP contribution in [0.3, 0.4) is 0 Å². The van der Waals surface area contributed by atoms with Gasteiger partial charge in [-0.05, 0) is 41.1 Å². The van der Waals surface area contributed by atoms with E-state index in [-0.39, 0.29) is 0 Å². The number of pyridine rings is 1. The predicted molar refractivity (Wildman–Crippen MR) is 100 cm³/mol. The standard InChI is InChI=1S/C17H18N8S/c1-2-24-8-6-12-13(10-24)26-16-14(12)15(20-17-21-22-23-25(16)17)19-9-11-5-3-4-7-18-11/h3-5,7H,2,6,8-10H2,1H3,(H,19,20,21,23). The predicted octanol–water partition coefficient (Wildman–Crippen LogP) is 2.12. The summed E-state index contributed by atoms with van der Waals surface area (Å²) >= 11 is 1.77. The molecule has 0 radical (unpaired) electrons. The zero-order chi connectivity index (χ0) is 17.5. The van der Waals surface area contributed by atoms with E-state index in [1.165, 1.54) is 10.4 Å². The smallest absolute Gasteiger partial charge is 0.276 e. The Kier molecular flexibility index (Phi) is 3.75. The minimum atomic E-state index is 0.520. The summed E-state index contributed by atoms with van der Waals surface area (Å²) in [6, 6.07) is 5.91. The Morgan fingerprint density at radius 2 is 2.27 bits per heavy atom. The number of likely N-dealkylation sites (N-methyl/N-ethyl adjacent to an activating group) is 1. The average molecular weight is 366 g/mol. The third-order valence-electron chi connectivity index (χ3n) is 4.82. The molecule has 4 aromatic rings. The second-order valence-electron chi connectivity index (χ2n) is 6.33. The van der Waals surface area contributed by atoms with E-state index >= 15 is 0 Å². The van der Waals surface area contributed by atoms with Crippen molar-refractivity contribution in [1.29, 1.82) is 0 Å². The molecule has 1 aliphatic heterocycles. The van der Waals surface area contributed by atoms with E-state index in [0.29, 0.717) is 12.3 Å². The fraction of sp³-hybridized carbons (Fsp3) is 0.353. The molecule has 0 bridgehead atoms. The summed E-state index contributed by atoms with van der Waals surface area (Å²) in [6.45, 7) is 5.94. The van der Waals surface area contributed by atoms with Crippen molar-refractivity contribution >= 4 is 33.1 Å². The van der Waals surface area contributed by atoms with Gasteiger partial charge in [-0.1, -0.05) is 18.1 Å². The van der Waals surface area contributed by atoms with Crippen molar-refractivity contribution in [2.24, 2.45) is 0 Å². The van der Waals surface area contributed by atoms with Gasteiger partial charge in [0, 0.05) is 24.2 Å². The molecule has 5 rings (SSSR count). The lowest BCUT2D eigenvalue weighted by atomic mass is 10.0. The van der Waals surface area contributed by atoms with Gasteiger partial charge in [-0.2, -0.15) is 9.50 Å². The first-order valence-electron chi connectivity index (χ1n) is 8.72. The van der Waals surface area contributed by atoms with Crippen LogP contribution in [0.25, 0.3) is 16.0 Å². The number of fused-ring (bicyclic) bond motifs is 5. The molecule has 9 heteroatoms. The Bertz CT molecular complexity index is 1070. The molecule has 0 saturated heterocycles. The lowest BCUT2D eigenvalue weighted by molar-refractivity contribution is 0.272. The van der Waals surface area contributed by atoms with E-state index in [4.69, 9.17) is 0 Å². The third kappa shape index (κ3) is 2.51. The van der Waals surface area contributed by atoms with Crippen LogP contribution < -0.4 is 5.32 Å². The summed E-state index contributed by atoms with van der Waals surface area (Å²) in [4.78, 5) is 14.0. The zero-order valence-corrected chi connectivity index (χ0v) is 15.2. The van der Waals surface area contributed by atoms with E-state index in [1.807, 2.05) is 18.2 Å². The Morgan fingerprint density at radius 3 is 3.12 bits per heavy atom. The third-order valence-corrected chi connectivity index (χ3v) is 6.01. The van der Waals surface area contributed by atoms with Crippen molar-refractivity contribution in [3.63, 3.8) is 0 Å². The second kappa shape index (κ2) is 6.26. The van der Waals surface area contributed by atoms with Crippen LogP contribution in [0, 0.1) is 0 Å². The quantitative estimate of drug-likeness (QED) is 0.592. The van der Waals surface area contributed by atoms with Crippen LogP contribution in [0.2, 0.25) is 0 Å². The van der Waals surface area contributed by atoms with Gasteiger partial charge < -0.3 is 5.32 Å². The molecule has 0 aliphatic carbocycles. The van der Waals surface area contributed by atoms with Gasteiger partial charge in [-0.3, -0.25) is 9.88 Å². The highest BCUT2D eigenvalue weighted by molar-refractivity contribution is 7.19. The molecule has 0 saturated carbocycles. The van der Waals surface area contributed by atoms with E-state index in [1.54, 1.807) is 22.0 Å². The Balaban J connectivity index is 1.62. The molecule has 4 aromatic heterocycles. The Morgan fingerprint density at radius 1 is 1.31 bits per heavy atom. The highest BCUT2D eigenvalue weighted by Crippen LogP contribution is 2.38. The molecule has 0 unspecified atom stereocenters. The molecule has 5 heterocycles. The number of tetrazole rings is 1. The van der Waals surface area contributed by atoms with Crippen LogP contribution in [0.5, 0.6) is 0 Å². The van der Waals surface area contributed by atoms with Gasteiger partial charge in [-0.25, -0.2) is 0 Å². The molecule has 0 fully saturated rings. The first-order valence-corrected chi connectivity index (χ1v) is 9.53. The van der Waals surface area contributed by atoms with Crippen molar-refractivity contribution in [2.45, 2.75) is 26.4 Å². The summed E-state index contributed by atoms with van der Waals surface area (Å²) in [6.07, 6.45) is 2.83. The van der Waals surface area contributed by atoms with Gasteiger partial charge in [0.1, 0.15) is 10.6 Å². The van der Waals surface area contributed by atoms with Gasteiger partial charge in [0.15, 0.2) is 0 Å². The molecule has 0 aromatic carbocycles. The average Bonchev–Trinajstić information content (AvgIpc) is 3.30. The summed E-state index contributed by atoms with van der Waals surface area (Å²) < 4.78 is 1.75. The maximum absolute atomic E-state index is 4.68. The summed E-state index contributed by atoms with van der Waals surface area (Å²) in [5.41, 5.74) is 2.35. The Hall–Kier alpha value is -2.65. The first-order chi connectivity index (χ1) is 12.8. The largest absolute Gasteiger partial charge is 0.364 e. The van der Waals surface area contributed by atoms with Crippen LogP contribution in [0.4, 0.5) is 5.82 Å². The highest BCUT2D eigenvalue weighted by atomic mass is 32.1. The molecule has 1 aliphatic rings. The Labute approximate surface area is 153 Å². The lowest BCUT2D eigenvalue weighted by Crippen LogP contribution is -2.29. The van der Waals surface area contributed by atoms with Gasteiger partial charge >= 0.3 is 0 Å². The summed E-state index contributed by atoms with van der Waals surface area (Å²) in [5, 5.41) is 16.6. The lowest BCUT2D eigenvalue weighted by Gasteiger charge is -2.25. The van der Waals surface area contributed by atoms with E-state index in [2.05, 4.69) is 42.6 Å². The van der Waals surface area contributed by atoms with Crippen LogP contribution >= 0.6 is 11.3 Å². The number of nitrogens with zero attached hydrogens (tertiary/aromatic N) is 7. The van der Waals surface area contributed by atoms with Crippen LogP contribution in [0.1, 0.15) is 23.1 Å². The molecule has 0 spiro atoms. The molecule has 0 amide bonds. The number of nitrogens with one attached hydrogen (secondary N) is 1. The number of hydrogen-bond acceptors (Lipinski definition) is 8. The molecular formula is C17H18N8S. The maximum atomic E-state index is 4.68. The monoisotopic (exact) mass is 366 g/mol. The molecule has 132 valence electrons. The first kappa shape index (κ1) is 15.6. The van der Waals surface area contributed by atoms with E-state index in [9.17, 15) is 0 Å². The van der Waals surface area contributed by atoms with E-state index in [0.717, 1.165) is 47.8 Å². The minimum absolute atomic E-state index is 0.520. The van der Waals surface area contributed by atoms with Crippen molar-refractivity contribution < 1.29 is 0 Å². The maximum Gasteiger partial charge on any atom is 0.276 e.